The monoisotopic (exact) mass is 464 g/mol. The van der Waals surface area contributed by atoms with Crippen molar-refractivity contribution < 1.29 is 5.11 Å². The smallest absolute Gasteiger partial charge is 0.232 e. The van der Waals surface area contributed by atoms with E-state index in [0.717, 1.165) is 38.9 Å². The largest absolute Gasteiger partial charge is 0.394 e. The number of benzene rings is 2. The number of likely N-dealkylation sites (tertiary alicyclic amines) is 1. The van der Waals surface area contributed by atoms with Gasteiger partial charge in [-0.3, -0.25) is 4.90 Å². The maximum atomic E-state index is 10.0. The summed E-state index contributed by atoms with van der Waals surface area (Å²) >= 11 is 6.29. The Labute approximate surface area is 199 Å². The van der Waals surface area contributed by atoms with Crippen LogP contribution in [0.15, 0.2) is 54.6 Å². The van der Waals surface area contributed by atoms with Crippen LogP contribution in [-0.4, -0.2) is 56.7 Å². The van der Waals surface area contributed by atoms with Gasteiger partial charge in [-0.2, -0.15) is 15.0 Å². The zero-order valence-corrected chi connectivity index (χ0v) is 19.3. The Morgan fingerprint density at radius 3 is 2.42 bits per heavy atom. The highest BCUT2D eigenvalue weighted by molar-refractivity contribution is 6.28. The Bertz CT molecular complexity index is 1070. The predicted octanol–water partition coefficient (Wildman–Crippen LogP) is 3.53. The highest BCUT2D eigenvalue weighted by Crippen LogP contribution is 2.28. The van der Waals surface area contributed by atoms with Gasteiger partial charge in [0.2, 0.25) is 17.2 Å². The Morgan fingerprint density at radius 2 is 1.67 bits per heavy atom. The van der Waals surface area contributed by atoms with Crippen molar-refractivity contribution in [1.29, 1.82) is 0 Å². The van der Waals surface area contributed by atoms with Gasteiger partial charge in [-0.05, 0) is 47.6 Å². The molecule has 7 nitrogen and oxygen atoms in total. The van der Waals surface area contributed by atoms with E-state index in [9.17, 15) is 5.11 Å². The van der Waals surface area contributed by atoms with Crippen LogP contribution < -0.4 is 10.2 Å². The molecule has 1 unspecified atom stereocenters. The molecule has 3 aromatic rings. The summed E-state index contributed by atoms with van der Waals surface area (Å²) in [6, 6.07) is 19.1. The third-order valence-corrected chi connectivity index (χ3v) is 6.76. The minimum Gasteiger partial charge on any atom is -0.394 e. The molecular formula is C25H29ClN6O. The molecule has 1 atom stereocenters. The molecule has 5 rings (SSSR count). The number of halogens is 1. The molecule has 1 aromatic heterocycles. The van der Waals surface area contributed by atoms with E-state index in [0.29, 0.717) is 24.5 Å². The van der Waals surface area contributed by atoms with Gasteiger partial charge in [0.05, 0.1) is 12.6 Å². The summed E-state index contributed by atoms with van der Waals surface area (Å²) in [5.74, 6) is 1.01. The summed E-state index contributed by atoms with van der Waals surface area (Å²) in [5, 5.41) is 13.7. The summed E-state index contributed by atoms with van der Waals surface area (Å²) in [7, 11) is 0. The number of nitrogens with one attached hydrogen (secondary N) is 1. The molecule has 0 saturated carbocycles. The van der Waals surface area contributed by atoms with E-state index >= 15 is 0 Å². The molecule has 2 aliphatic rings. The molecule has 33 heavy (non-hydrogen) atoms. The molecule has 0 radical (unpaired) electrons. The molecule has 0 spiro atoms. The maximum Gasteiger partial charge on any atom is 0.232 e. The molecule has 0 amide bonds. The molecule has 8 heteroatoms. The molecule has 3 heterocycles. The number of anilines is 2. The Morgan fingerprint density at radius 1 is 0.939 bits per heavy atom. The van der Waals surface area contributed by atoms with Crippen molar-refractivity contribution in [3.05, 3.63) is 76.6 Å². The Hall–Kier alpha value is -2.74. The van der Waals surface area contributed by atoms with Crippen molar-refractivity contribution in [2.24, 2.45) is 0 Å². The fraction of sp³-hybridized carbons (Fsp3) is 0.400. The quantitative estimate of drug-likeness (QED) is 0.577. The van der Waals surface area contributed by atoms with Gasteiger partial charge in [0.15, 0.2) is 0 Å². The summed E-state index contributed by atoms with van der Waals surface area (Å²) in [5.41, 5.74) is 3.83. The zero-order valence-electron chi connectivity index (χ0n) is 18.6. The fourth-order valence-corrected chi connectivity index (χ4v) is 4.93. The molecule has 1 fully saturated rings. The van der Waals surface area contributed by atoms with E-state index in [4.69, 9.17) is 16.6 Å². The van der Waals surface area contributed by atoms with Crippen LogP contribution in [0.1, 0.15) is 29.5 Å². The van der Waals surface area contributed by atoms with Crippen LogP contribution in [0.4, 0.5) is 11.9 Å². The second-order valence-electron chi connectivity index (χ2n) is 8.85. The van der Waals surface area contributed by atoms with Crippen molar-refractivity contribution in [2.75, 3.05) is 29.9 Å². The molecule has 2 aliphatic heterocycles. The van der Waals surface area contributed by atoms with Crippen LogP contribution >= 0.6 is 11.6 Å². The van der Waals surface area contributed by atoms with Crippen molar-refractivity contribution in [3.8, 4) is 0 Å². The summed E-state index contributed by atoms with van der Waals surface area (Å²) < 4.78 is 0. The van der Waals surface area contributed by atoms with Crippen LogP contribution in [0.25, 0.3) is 0 Å². The summed E-state index contributed by atoms with van der Waals surface area (Å²) in [4.78, 5) is 17.9. The van der Waals surface area contributed by atoms with Gasteiger partial charge in [-0.1, -0.05) is 54.6 Å². The average molecular weight is 465 g/mol. The van der Waals surface area contributed by atoms with Gasteiger partial charge >= 0.3 is 0 Å². The predicted molar refractivity (Wildman–Crippen MR) is 130 cm³/mol. The second kappa shape index (κ2) is 10.0. The number of rotatable bonds is 6. The third kappa shape index (κ3) is 5.27. The fourth-order valence-electron chi connectivity index (χ4n) is 4.78. The Balaban J connectivity index is 1.25. The maximum absolute atomic E-state index is 10.0. The second-order valence-corrected chi connectivity index (χ2v) is 9.18. The minimum atomic E-state index is -0.0903. The lowest BCUT2D eigenvalue weighted by atomic mass is 9.94. The van der Waals surface area contributed by atoms with Crippen LogP contribution in [0, 0.1) is 0 Å². The van der Waals surface area contributed by atoms with E-state index in [-0.39, 0.29) is 17.9 Å². The van der Waals surface area contributed by atoms with Crippen molar-refractivity contribution in [3.63, 3.8) is 0 Å². The Kier molecular flexibility index (Phi) is 6.71. The molecule has 1 saturated heterocycles. The number of aliphatic hydroxyl groups is 1. The van der Waals surface area contributed by atoms with Gasteiger partial charge in [0.25, 0.3) is 0 Å². The molecule has 2 aromatic carbocycles. The van der Waals surface area contributed by atoms with E-state index in [1.54, 1.807) is 0 Å². The molecule has 2 N–H and O–H groups in total. The topological polar surface area (TPSA) is 77.4 Å². The lowest BCUT2D eigenvalue weighted by Gasteiger charge is -2.36. The lowest BCUT2D eigenvalue weighted by Crippen LogP contribution is -2.44. The summed E-state index contributed by atoms with van der Waals surface area (Å²) in [6.45, 7) is 3.69. The molecule has 172 valence electrons. The van der Waals surface area contributed by atoms with Gasteiger partial charge < -0.3 is 15.3 Å². The first kappa shape index (κ1) is 22.1. The first-order valence-corrected chi connectivity index (χ1v) is 11.9. The number of hydrogen-bond acceptors (Lipinski definition) is 7. The van der Waals surface area contributed by atoms with E-state index in [1.165, 1.54) is 16.7 Å². The number of piperidine rings is 1. The normalized spacial score (nSPS) is 19.3. The van der Waals surface area contributed by atoms with Crippen LogP contribution in [0.5, 0.6) is 0 Å². The van der Waals surface area contributed by atoms with Crippen LogP contribution in [0.3, 0.4) is 0 Å². The molecule has 0 bridgehead atoms. The first-order chi connectivity index (χ1) is 16.2. The van der Waals surface area contributed by atoms with E-state index in [2.05, 4.69) is 62.6 Å². The van der Waals surface area contributed by atoms with E-state index < -0.39 is 0 Å². The highest BCUT2D eigenvalue weighted by Gasteiger charge is 2.28. The number of aliphatic hydroxyl groups excluding tert-OH is 1. The average Bonchev–Trinajstić information content (AvgIpc) is 2.84. The number of hydrogen-bond donors (Lipinski definition) is 2. The van der Waals surface area contributed by atoms with Gasteiger partial charge in [-0.25, -0.2) is 0 Å². The number of aromatic nitrogens is 3. The number of nitrogens with zero attached hydrogens (tertiary/aromatic N) is 5. The zero-order chi connectivity index (χ0) is 22.6. The molecule has 0 aliphatic carbocycles. The third-order valence-electron chi connectivity index (χ3n) is 6.59. The lowest BCUT2D eigenvalue weighted by molar-refractivity contribution is 0.211. The van der Waals surface area contributed by atoms with E-state index in [1.807, 2.05) is 17.0 Å². The first-order valence-electron chi connectivity index (χ1n) is 11.6. The number of fused-ring (bicyclic) bond motifs is 1. The minimum absolute atomic E-state index is 0.0280. The molecular weight excluding hydrogens is 436 g/mol. The van der Waals surface area contributed by atoms with Gasteiger partial charge in [0, 0.05) is 32.2 Å². The van der Waals surface area contributed by atoms with Crippen LogP contribution in [0.2, 0.25) is 5.28 Å². The van der Waals surface area contributed by atoms with Crippen molar-refractivity contribution in [1.82, 2.24) is 19.9 Å². The highest BCUT2D eigenvalue weighted by atomic mass is 35.5. The van der Waals surface area contributed by atoms with Gasteiger partial charge in [0.1, 0.15) is 0 Å². The SMILES string of the molecule is OCC1Cc2ccccc2CN1c1nc(Cl)nc(NC2CCN(Cc3ccccc3)CC2)n1. The van der Waals surface area contributed by atoms with Gasteiger partial charge in [-0.15, -0.1) is 0 Å². The standard InChI is InChI=1S/C25H29ClN6O/c26-23-28-24(27-21-10-12-31(13-11-21)15-18-6-2-1-3-7-18)30-25(29-23)32-16-20-9-5-4-8-19(20)14-22(32)17-33/h1-9,21-22,33H,10-17H2,(H,27,28,29,30). The summed E-state index contributed by atoms with van der Waals surface area (Å²) in [6.07, 6.45) is 2.78. The van der Waals surface area contributed by atoms with Crippen LogP contribution in [-0.2, 0) is 19.5 Å². The van der Waals surface area contributed by atoms with Crippen molar-refractivity contribution >= 4 is 23.5 Å². The van der Waals surface area contributed by atoms with Crippen molar-refractivity contribution in [2.45, 2.75) is 44.4 Å².